The van der Waals surface area contributed by atoms with Gasteiger partial charge < -0.3 is 18.9 Å². The zero-order valence-corrected chi connectivity index (χ0v) is 23.0. The van der Waals surface area contributed by atoms with Crippen LogP contribution in [-0.4, -0.2) is 30.8 Å². The van der Waals surface area contributed by atoms with Crippen molar-refractivity contribution in [2.75, 3.05) is 24.6 Å². The molecule has 2 fully saturated rings. The van der Waals surface area contributed by atoms with Gasteiger partial charge in [0.15, 0.2) is 0 Å². The number of esters is 1. The monoisotopic (exact) mass is 562 g/mol. The standard InChI is InChI=1S/C31H28Cl2N2O4/c1-2-37-31(36)21-10-6-19(7-11-21)22-16-35(17-22)23-12-14-24(15-13-23)38-18-25-29(34-39-30(25)20-8-9-20)28-26(32)4-3-5-27(28)33/h3-7,10-15,20,22H,2,8-9,16-18H2,1H3. The molecule has 1 saturated carbocycles. The molecule has 0 amide bonds. The normalized spacial score (nSPS) is 15.2. The number of anilines is 1. The Balaban J connectivity index is 1.09. The van der Waals surface area contributed by atoms with Gasteiger partial charge in [-0.3, -0.25) is 0 Å². The second kappa shape index (κ2) is 10.9. The Morgan fingerprint density at radius 1 is 0.974 bits per heavy atom. The highest BCUT2D eigenvalue weighted by atomic mass is 35.5. The summed E-state index contributed by atoms with van der Waals surface area (Å²) in [5.74, 6) is 2.15. The molecule has 39 heavy (non-hydrogen) atoms. The predicted molar refractivity (Wildman–Crippen MR) is 152 cm³/mol. The molecule has 1 saturated heterocycles. The number of benzene rings is 3. The minimum Gasteiger partial charge on any atom is -0.489 e. The maximum atomic E-state index is 11.9. The quantitative estimate of drug-likeness (QED) is 0.193. The molecule has 2 aliphatic rings. The third-order valence-corrected chi connectivity index (χ3v) is 7.96. The number of nitrogens with zero attached hydrogens (tertiary/aromatic N) is 2. The van der Waals surface area contributed by atoms with Crippen LogP contribution < -0.4 is 9.64 Å². The van der Waals surface area contributed by atoms with E-state index in [1.165, 1.54) is 5.56 Å². The molecule has 8 heteroatoms. The van der Waals surface area contributed by atoms with Crippen molar-refractivity contribution in [3.63, 3.8) is 0 Å². The van der Waals surface area contributed by atoms with Crippen molar-refractivity contribution < 1.29 is 18.8 Å². The SMILES string of the molecule is CCOC(=O)c1ccc(C2CN(c3ccc(OCc4c(-c5c(Cl)cccc5Cl)noc4C4CC4)cc3)C2)cc1. The molecule has 0 unspecified atom stereocenters. The first-order chi connectivity index (χ1) is 19.0. The molecule has 6 nitrogen and oxygen atoms in total. The first kappa shape index (κ1) is 25.8. The Morgan fingerprint density at radius 2 is 1.67 bits per heavy atom. The maximum Gasteiger partial charge on any atom is 0.338 e. The van der Waals surface area contributed by atoms with Crippen molar-refractivity contribution >= 4 is 34.9 Å². The summed E-state index contributed by atoms with van der Waals surface area (Å²) in [7, 11) is 0. The fourth-order valence-corrected chi connectivity index (χ4v) is 5.54. The lowest BCUT2D eigenvalue weighted by molar-refractivity contribution is 0.0526. The number of carbonyl (C=O) groups is 1. The zero-order chi connectivity index (χ0) is 26.9. The van der Waals surface area contributed by atoms with Gasteiger partial charge in [0.05, 0.1) is 27.8 Å². The highest BCUT2D eigenvalue weighted by Gasteiger charge is 2.34. The highest BCUT2D eigenvalue weighted by Crippen LogP contribution is 2.46. The third-order valence-electron chi connectivity index (χ3n) is 7.33. The van der Waals surface area contributed by atoms with Crippen LogP contribution >= 0.6 is 23.2 Å². The minimum absolute atomic E-state index is 0.279. The second-order valence-electron chi connectivity index (χ2n) is 9.97. The zero-order valence-electron chi connectivity index (χ0n) is 21.5. The van der Waals surface area contributed by atoms with Crippen LogP contribution in [0.25, 0.3) is 11.3 Å². The molecule has 0 N–H and O–H groups in total. The molecule has 0 spiro atoms. The summed E-state index contributed by atoms with van der Waals surface area (Å²) in [6.45, 7) is 4.35. The first-order valence-electron chi connectivity index (χ1n) is 13.2. The van der Waals surface area contributed by atoms with Crippen LogP contribution in [0.1, 0.15) is 58.8 Å². The van der Waals surface area contributed by atoms with Gasteiger partial charge in [0.1, 0.15) is 23.8 Å². The van der Waals surface area contributed by atoms with E-state index in [0.717, 1.165) is 48.7 Å². The number of ether oxygens (including phenoxy) is 2. The molecule has 4 aromatic rings. The summed E-state index contributed by atoms with van der Waals surface area (Å²) in [6.07, 6.45) is 2.16. The van der Waals surface area contributed by atoms with Crippen molar-refractivity contribution in [2.24, 2.45) is 0 Å². The Labute approximate surface area is 237 Å². The number of rotatable bonds is 9. The Hall–Kier alpha value is -3.48. The van der Waals surface area contributed by atoms with Crippen molar-refractivity contribution in [1.82, 2.24) is 5.16 Å². The fourth-order valence-electron chi connectivity index (χ4n) is 4.96. The van der Waals surface area contributed by atoms with Crippen LogP contribution in [0.3, 0.4) is 0 Å². The van der Waals surface area contributed by atoms with Gasteiger partial charge in [-0.2, -0.15) is 0 Å². The number of hydrogen-bond acceptors (Lipinski definition) is 6. The van der Waals surface area contributed by atoms with Gasteiger partial charge in [-0.15, -0.1) is 0 Å². The van der Waals surface area contributed by atoms with E-state index in [1.807, 2.05) is 49.4 Å². The summed E-state index contributed by atoms with van der Waals surface area (Å²) in [5.41, 5.74) is 5.18. The van der Waals surface area contributed by atoms with Crippen molar-refractivity contribution in [3.05, 3.63) is 99.2 Å². The number of halogens is 2. The van der Waals surface area contributed by atoms with Crippen LogP contribution in [-0.2, 0) is 11.3 Å². The van der Waals surface area contributed by atoms with Crippen molar-refractivity contribution in [2.45, 2.75) is 38.2 Å². The van der Waals surface area contributed by atoms with E-state index in [2.05, 4.69) is 22.2 Å². The Morgan fingerprint density at radius 3 is 2.31 bits per heavy atom. The molecule has 3 aromatic carbocycles. The van der Waals surface area contributed by atoms with Crippen LogP contribution in [0.5, 0.6) is 5.75 Å². The lowest BCUT2D eigenvalue weighted by Crippen LogP contribution is -2.45. The maximum absolute atomic E-state index is 11.9. The van der Waals surface area contributed by atoms with Crippen molar-refractivity contribution in [3.8, 4) is 17.0 Å². The molecule has 1 aliphatic heterocycles. The Kier molecular flexibility index (Phi) is 7.24. The fraction of sp³-hybridized carbons (Fsp3) is 0.290. The number of hydrogen-bond donors (Lipinski definition) is 0. The molecule has 1 aliphatic carbocycles. The molecular weight excluding hydrogens is 535 g/mol. The van der Waals surface area contributed by atoms with E-state index in [9.17, 15) is 4.79 Å². The van der Waals surface area contributed by atoms with Gasteiger partial charge in [0, 0.05) is 36.2 Å². The van der Waals surface area contributed by atoms with Crippen LogP contribution in [0, 0.1) is 0 Å². The van der Waals surface area contributed by atoms with Crippen LogP contribution in [0.4, 0.5) is 5.69 Å². The van der Waals surface area contributed by atoms with Gasteiger partial charge >= 0.3 is 5.97 Å². The summed E-state index contributed by atoms with van der Waals surface area (Å²) in [5, 5.41) is 5.41. The van der Waals surface area contributed by atoms with E-state index in [-0.39, 0.29) is 5.97 Å². The summed E-state index contributed by atoms with van der Waals surface area (Å²) < 4.78 is 17.0. The van der Waals surface area contributed by atoms with E-state index in [1.54, 1.807) is 12.1 Å². The van der Waals surface area contributed by atoms with Gasteiger partial charge in [-0.1, -0.05) is 46.6 Å². The molecule has 2 heterocycles. The molecule has 0 bridgehead atoms. The molecule has 6 rings (SSSR count). The van der Waals surface area contributed by atoms with Crippen LogP contribution in [0.15, 0.2) is 71.3 Å². The van der Waals surface area contributed by atoms with Crippen molar-refractivity contribution in [1.29, 1.82) is 0 Å². The number of aromatic nitrogens is 1. The lowest BCUT2D eigenvalue weighted by Gasteiger charge is -2.41. The van der Waals surface area contributed by atoms with Crippen LogP contribution in [0.2, 0.25) is 10.0 Å². The van der Waals surface area contributed by atoms with Gasteiger partial charge in [0.25, 0.3) is 0 Å². The van der Waals surface area contributed by atoms with Gasteiger partial charge in [-0.05, 0) is 73.9 Å². The summed E-state index contributed by atoms with van der Waals surface area (Å²) >= 11 is 12.9. The molecule has 200 valence electrons. The largest absolute Gasteiger partial charge is 0.489 e. The van der Waals surface area contributed by atoms with E-state index in [4.69, 9.17) is 37.2 Å². The topological polar surface area (TPSA) is 64.8 Å². The summed E-state index contributed by atoms with van der Waals surface area (Å²) in [6, 6.07) is 21.3. The number of carbonyl (C=O) groups excluding carboxylic acids is 1. The van der Waals surface area contributed by atoms with E-state index in [0.29, 0.717) is 51.9 Å². The van der Waals surface area contributed by atoms with Gasteiger partial charge in [-0.25, -0.2) is 4.79 Å². The van der Waals surface area contributed by atoms with E-state index >= 15 is 0 Å². The average molecular weight is 563 g/mol. The molecule has 0 radical (unpaired) electrons. The average Bonchev–Trinajstić information content (AvgIpc) is 3.68. The smallest absolute Gasteiger partial charge is 0.338 e. The summed E-state index contributed by atoms with van der Waals surface area (Å²) in [4.78, 5) is 14.2. The minimum atomic E-state index is -0.279. The van der Waals surface area contributed by atoms with E-state index < -0.39 is 0 Å². The highest BCUT2D eigenvalue weighted by molar-refractivity contribution is 6.39. The Bertz CT molecular complexity index is 1450. The molecule has 1 aromatic heterocycles. The van der Waals surface area contributed by atoms with Gasteiger partial charge in [0.2, 0.25) is 0 Å². The molecule has 0 atom stereocenters. The molecular formula is C31H28Cl2N2O4. The predicted octanol–water partition coefficient (Wildman–Crippen LogP) is 7.89. The third kappa shape index (κ3) is 5.36. The lowest BCUT2D eigenvalue weighted by atomic mass is 9.90. The second-order valence-corrected chi connectivity index (χ2v) is 10.8. The first-order valence-corrected chi connectivity index (χ1v) is 13.9.